The van der Waals surface area contributed by atoms with Gasteiger partial charge in [0.15, 0.2) is 0 Å². The van der Waals surface area contributed by atoms with Gasteiger partial charge in [-0.15, -0.1) is 0 Å². The van der Waals surface area contributed by atoms with Gasteiger partial charge in [-0.2, -0.15) is 0 Å². The van der Waals surface area contributed by atoms with Crippen LogP contribution in [0.5, 0.6) is 0 Å². The van der Waals surface area contributed by atoms with Crippen molar-refractivity contribution in [3.8, 4) is 44.5 Å². The molecule has 6 aromatic rings. The molecule has 0 spiro atoms. The van der Waals surface area contributed by atoms with E-state index in [9.17, 15) is 0 Å². The van der Waals surface area contributed by atoms with Gasteiger partial charge in [0.25, 0.3) is 0 Å². The van der Waals surface area contributed by atoms with Crippen molar-refractivity contribution in [3.63, 3.8) is 0 Å². The fourth-order valence-corrected chi connectivity index (χ4v) is 5.59. The molecule has 6 aromatic carbocycles. The van der Waals surface area contributed by atoms with Gasteiger partial charge in [-0.25, -0.2) is 0 Å². The van der Waals surface area contributed by atoms with Crippen LogP contribution >= 0.6 is 0 Å². The van der Waals surface area contributed by atoms with Crippen molar-refractivity contribution in [2.24, 2.45) is 0 Å². The molecule has 0 saturated heterocycles. The van der Waals surface area contributed by atoms with E-state index in [1.165, 1.54) is 16.7 Å². The summed E-state index contributed by atoms with van der Waals surface area (Å²) in [4.78, 5) is 0. The first-order valence-electron chi connectivity index (χ1n) is 18.0. The molecule has 0 aliphatic carbocycles. The fourth-order valence-electron chi connectivity index (χ4n) is 5.59. The molecule has 1 nitrogen and oxygen atoms in total. The Bertz CT molecular complexity index is 2150. The second kappa shape index (κ2) is 12.3. The van der Waals surface area contributed by atoms with E-state index in [1.54, 1.807) is 0 Å². The monoisotopic (exact) mass is 590 g/mol. The smallest absolute Gasteiger partial charge is 0.0629 e. The van der Waals surface area contributed by atoms with E-state index in [2.05, 4.69) is 120 Å². The SMILES string of the molecule is [2H]c1c([2H])c([2H])c(-c2ccccc2-c2cc(Nc3cccc(-c4cc(C(C)(C)C)cc(C(C)(C)C)c4)c3)cc(-c3ccccc3)c2)c([2H])c1[2H]. The predicted octanol–water partition coefficient (Wildman–Crippen LogP) is 12.7. The topological polar surface area (TPSA) is 12.0 Å². The van der Waals surface area contributed by atoms with E-state index in [-0.39, 0.29) is 40.6 Å². The first kappa shape index (κ1) is 24.4. The van der Waals surface area contributed by atoms with Crippen LogP contribution in [0.2, 0.25) is 0 Å². The Morgan fingerprint density at radius 2 is 0.956 bits per heavy atom. The lowest BCUT2D eigenvalue weighted by molar-refractivity contribution is 0.569. The van der Waals surface area contributed by atoms with Gasteiger partial charge in [-0.1, -0.05) is 157 Å². The van der Waals surface area contributed by atoms with Crippen LogP contribution in [-0.2, 0) is 10.8 Å². The van der Waals surface area contributed by atoms with Gasteiger partial charge in [0.05, 0.1) is 6.85 Å². The van der Waals surface area contributed by atoms with Crippen molar-refractivity contribution in [2.45, 2.75) is 52.4 Å². The Hall–Kier alpha value is -4.88. The number of nitrogens with one attached hydrogen (secondary N) is 1. The average molecular weight is 591 g/mol. The first-order valence-corrected chi connectivity index (χ1v) is 15.5. The summed E-state index contributed by atoms with van der Waals surface area (Å²) < 4.78 is 42.1. The highest BCUT2D eigenvalue weighted by Crippen LogP contribution is 2.38. The zero-order valence-electron chi connectivity index (χ0n) is 32.0. The van der Waals surface area contributed by atoms with Gasteiger partial charge in [0, 0.05) is 11.4 Å². The molecular weight excluding hydrogens is 542 g/mol. The largest absolute Gasteiger partial charge is 0.355 e. The highest BCUT2D eigenvalue weighted by molar-refractivity contribution is 5.88. The van der Waals surface area contributed by atoms with Crippen LogP contribution < -0.4 is 5.32 Å². The second-order valence-corrected chi connectivity index (χ2v) is 13.7. The van der Waals surface area contributed by atoms with Crippen molar-refractivity contribution in [2.75, 3.05) is 5.32 Å². The molecule has 0 fully saturated rings. The summed E-state index contributed by atoms with van der Waals surface area (Å²) in [6, 6.07) is 37.8. The van der Waals surface area contributed by atoms with Crippen LogP contribution in [0, 0.1) is 0 Å². The van der Waals surface area contributed by atoms with Crippen molar-refractivity contribution in [1.29, 1.82) is 0 Å². The Balaban J connectivity index is 1.48. The van der Waals surface area contributed by atoms with E-state index in [4.69, 9.17) is 6.85 Å². The quantitative estimate of drug-likeness (QED) is 0.203. The van der Waals surface area contributed by atoms with Gasteiger partial charge in [-0.05, 0) is 96.8 Å². The Kier molecular flexibility index (Phi) is 6.65. The van der Waals surface area contributed by atoms with E-state index in [1.807, 2.05) is 42.5 Å². The molecular formula is C44H43N. The molecule has 0 aliphatic rings. The third-order valence-corrected chi connectivity index (χ3v) is 8.20. The number of hydrogen-bond acceptors (Lipinski definition) is 1. The van der Waals surface area contributed by atoms with E-state index >= 15 is 0 Å². The van der Waals surface area contributed by atoms with E-state index in [0.717, 1.165) is 39.2 Å². The zero-order valence-corrected chi connectivity index (χ0v) is 27.0. The maximum atomic E-state index is 8.70. The Morgan fingerprint density at radius 1 is 0.422 bits per heavy atom. The summed E-state index contributed by atoms with van der Waals surface area (Å²) in [6.07, 6.45) is 0. The minimum Gasteiger partial charge on any atom is -0.355 e. The van der Waals surface area contributed by atoms with Crippen LogP contribution in [0.3, 0.4) is 0 Å². The highest BCUT2D eigenvalue weighted by atomic mass is 14.9. The highest BCUT2D eigenvalue weighted by Gasteiger charge is 2.21. The summed E-state index contributed by atoms with van der Waals surface area (Å²) in [6.45, 7) is 13.5. The van der Waals surface area contributed by atoms with Gasteiger partial charge < -0.3 is 5.32 Å². The average Bonchev–Trinajstić information content (AvgIpc) is 3.09. The van der Waals surface area contributed by atoms with Crippen LogP contribution in [0.1, 0.15) is 59.5 Å². The maximum Gasteiger partial charge on any atom is 0.0629 e. The van der Waals surface area contributed by atoms with Crippen LogP contribution in [-0.4, -0.2) is 0 Å². The lowest BCUT2D eigenvalue weighted by Gasteiger charge is -2.26. The van der Waals surface area contributed by atoms with Gasteiger partial charge in [0.2, 0.25) is 0 Å². The Labute approximate surface area is 276 Å². The molecule has 0 heterocycles. The van der Waals surface area contributed by atoms with E-state index in [0.29, 0.717) is 5.56 Å². The van der Waals surface area contributed by atoms with Crippen molar-refractivity contribution in [3.05, 3.63) is 157 Å². The molecule has 1 N–H and O–H groups in total. The third-order valence-electron chi connectivity index (χ3n) is 8.20. The maximum absolute atomic E-state index is 8.70. The molecule has 45 heavy (non-hydrogen) atoms. The van der Waals surface area contributed by atoms with Crippen molar-refractivity contribution in [1.82, 2.24) is 0 Å². The molecule has 6 rings (SSSR count). The molecule has 0 radical (unpaired) electrons. The minimum absolute atomic E-state index is 0.00556. The van der Waals surface area contributed by atoms with Crippen LogP contribution in [0.15, 0.2) is 145 Å². The fraction of sp³-hybridized carbons (Fsp3) is 0.182. The van der Waals surface area contributed by atoms with Crippen LogP contribution in [0.25, 0.3) is 44.5 Å². The molecule has 0 aliphatic heterocycles. The normalized spacial score (nSPS) is 13.3. The predicted molar refractivity (Wildman–Crippen MR) is 195 cm³/mol. The van der Waals surface area contributed by atoms with Gasteiger partial charge in [-0.3, -0.25) is 0 Å². The third kappa shape index (κ3) is 6.94. The summed E-state index contributed by atoms with van der Waals surface area (Å²) in [5.41, 5.74) is 11.2. The standard InChI is InChI=1S/C44H43N/c1-43(2,3)37-25-35(26-38(30-37)44(4,5)6)33-20-15-21-39(27-33)45-40-28-34(31-16-9-7-10-17-31)24-36(29-40)42-23-14-13-22-41(42)32-18-11-8-12-19-32/h7-30,45H,1-6H3/i8D,11D,12D,18D,19D. The van der Waals surface area contributed by atoms with Crippen molar-refractivity contribution >= 4 is 11.4 Å². The van der Waals surface area contributed by atoms with Gasteiger partial charge >= 0.3 is 0 Å². The summed E-state index contributed by atoms with van der Waals surface area (Å²) in [5.74, 6) is 0. The zero-order chi connectivity index (χ0) is 36.0. The molecule has 0 aromatic heterocycles. The van der Waals surface area contributed by atoms with Crippen molar-refractivity contribution < 1.29 is 6.85 Å². The Morgan fingerprint density at radius 3 is 1.60 bits per heavy atom. The number of benzene rings is 6. The molecule has 0 atom stereocenters. The minimum atomic E-state index is -0.402. The van der Waals surface area contributed by atoms with Crippen LogP contribution in [0.4, 0.5) is 11.4 Å². The molecule has 1 heteroatoms. The molecule has 224 valence electrons. The van der Waals surface area contributed by atoms with Gasteiger partial charge in [0.1, 0.15) is 0 Å². The summed E-state index contributed by atoms with van der Waals surface area (Å²) in [5, 5.41) is 3.67. The number of hydrogen-bond donors (Lipinski definition) is 1. The molecule has 0 bridgehead atoms. The lowest BCUT2D eigenvalue weighted by Crippen LogP contribution is -2.16. The summed E-state index contributed by atoms with van der Waals surface area (Å²) in [7, 11) is 0. The molecule has 0 amide bonds. The first-order chi connectivity index (χ1) is 23.6. The summed E-state index contributed by atoms with van der Waals surface area (Å²) >= 11 is 0. The molecule has 0 saturated carbocycles. The number of rotatable bonds is 6. The molecule has 0 unspecified atom stereocenters. The lowest BCUT2D eigenvalue weighted by atomic mass is 9.79. The second-order valence-electron chi connectivity index (χ2n) is 13.7. The number of anilines is 2. The van der Waals surface area contributed by atoms with E-state index < -0.39 is 6.04 Å².